The summed E-state index contributed by atoms with van der Waals surface area (Å²) in [6.07, 6.45) is 2.07. The number of nitriles is 1. The van der Waals surface area contributed by atoms with Crippen LogP contribution in [0.3, 0.4) is 0 Å². The Labute approximate surface area is 120 Å². The lowest BCUT2D eigenvalue weighted by atomic mass is 10.0. The van der Waals surface area contributed by atoms with E-state index in [0.29, 0.717) is 18.2 Å². The lowest BCUT2D eigenvalue weighted by molar-refractivity contribution is -0.134. The van der Waals surface area contributed by atoms with Gasteiger partial charge in [0.15, 0.2) is 0 Å². The molecule has 4 heteroatoms. The molecule has 2 rings (SSSR count). The highest BCUT2D eigenvalue weighted by atomic mass is 16.2. The molecule has 0 unspecified atom stereocenters. The summed E-state index contributed by atoms with van der Waals surface area (Å²) in [7, 11) is 0. The van der Waals surface area contributed by atoms with Crippen LogP contribution in [0.2, 0.25) is 0 Å². The van der Waals surface area contributed by atoms with Gasteiger partial charge in [-0.25, -0.2) is 0 Å². The van der Waals surface area contributed by atoms with Crippen LogP contribution in [-0.4, -0.2) is 22.9 Å². The van der Waals surface area contributed by atoms with Crippen molar-refractivity contribution in [2.24, 2.45) is 11.7 Å². The fraction of sp³-hybridized carbons (Fsp3) is 0.500. The summed E-state index contributed by atoms with van der Waals surface area (Å²) >= 11 is 0. The van der Waals surface area contributed by atoms with Gasteiger partial charge in [0, 0.05) is 12.6 Å². The topological polar surface area (TPSA) is 70.1 Å². The number of hydrogen-bond donors (Lipinski definition) is 1. The second kappa shape index (κ2) is 6.06. The molecule has 0 saturated heterocycles. The summed E-state index contributed by atoms with van der Waals surface area (Å²) in [6.45, 7) is 4.39. The van der Waals surface area contributed by atoms with Crippen LogP contribution >= 0.6 is 0 Å². The van der Waals surface area contributed by atoms with Gasteiger partial charge in [-0.2, -0.15) is 5.26 Å². The van der Waals surface area contributed by atoms with E-state index in [-0.39, 0.29) is 11.8 Å². The first-order valence-corrected chi connectivity index (χ1v) is 7.08. The molecule has 106 valence electrons. The maximum Gasteiger partial charge on any atom is 0.240 e. The molecule has 0 radical (unpaired) electrons. The molecule has 1 aliphatic carbocycles. The van der Waals surface area contributed by atoms with E-state index in [1.165, 1.54) is 0 Å². The molecule has 1 atom stereocenters. The molecule has 2 N–H and O–H groups in total. The predicted molar refractivity (Wildman–Crippen MR) is 77.5 cm³/mol. The number of carbonyl (C=O) groups is 1. The summed E-state index contributed by atoms with van der Waals surface area (Å²) in [5.41, 5.74) is 7.52. The minimum absolute atomic E-state index is 0.00440. The SMILES string of the molecule is CC(C)[C@H](N)C(=O)N(Cc1ccccc1C#N)C1CC1. The first kappa shape index (κ1) is 14.5. The molecule has 0 aliphatic heterocycles. The van der Waals surface area contributed by atoms with Gasteiger partial charge in [-0.05, 0) is 30.4 Å². The van der Waals surface area contributed by atoms with Crippen molar-refractivity contribution in [2.75, 3.05) is 0 Å². The number of benzene rings is 1. The second-order valence-corrected chi connectivity index (χ2v) is 5.74. The summed E-state index contributed by atoms with van der Waals surface area (Å²) in [4.78, 5) is 14.3. The van der Waals surface area contributed by atoms with Crippen molar-refractivity contribution in [2.45, 2.75) is 45.3 Å². The zero-order chi connectivity index (χ0) is 14.7. The second-order valence-electron chi connectivity index (χ2n) is 5.74. The fourth-order valence-electron chi connectivity index (χ4n) is 2.20. The number of hydrogen-bond acceptors (Lipinski definition) is 3. The van der Waals surface area contributed by atoms with E-state index in [0.717, 1.165) is 18.4 Å². The van der Waals surface area contributed by atoms with E-state index in [1.807, 2.05) is 36.9 Å². The lowest BCUT2D eigenvalue weighted by Crippen LogP contribution is -2.47. The highest BCUT2D eigenvalue weighted by molar-refractivity contribution is 5.82. The molecule has 0 aromatic heterocycles. The van der Waals surface area contributed by atoms with E-state index in [2.05, 4.69) is 6.07 Å². The molecule has 1 amide bonds. The standard InChI is InChI=1S/C16H21N3O/c1-11(2)15(18)16(20)19(14-7-8-14)10-13-6-4-3-5-12(13)9-17/h3-6,11,14-15H,7-8,10,18H2,1-2H3/t15-/m0/s1. The Morgan fingerprint density at radius 2 is 2.10 bits per heavy atom. The third-order valence-corrected chi connectivity index (χ3v) is 3.75. The first-order valence-electron chi connectivity index (χ1n) is 7.08. The van der Waals surface area contributed by atoms with Crippen LogP contribution in [0, 0.1) is 17.2 Å². The molecule has 20 heavy (non-hydrogen) atoms. The smallest absolute Gasteiger partial charge is 0.240 e. The zero-order valence-corrected chi connectivity index (χ0v) is 12.0. The minimum atomic E-state index is -0.468. The van der Waals surface area contributed by atoms with Gasteiger partial charge >= 0.3 is 0 Å². The lowest BCUT2D eigenvalue weighted by Gasteiger charge is -2.27. The zero-order valence-electron chi connectivity index (χ0n) is 12.0. The van der Waals surface area contributed by atoms with Crippen molar-refractivity contribution in [1.29, 1.82) is 5.26 Å². The van der Waals surface area contributed by atoms with E-state index in [4.69, 9.17) is 11.0 Å². The predicted octanol–water partition coefficient (Wildman–Crippen LogP) is 2.03. The summed E-state index contributed by atoms with van der Waals surface area (Å²) in [6, 6.07) is 9.43. The van der Waals surface area contributed by atoms with Crippen molar-refractivity contribution in [3.63, 3.8) is 0 Å². The van der Waals surface area contributed by atoms with Gasteiger partial charge in [0.2, 0.25) is 5.91 Å². The number of amides is 1. The summed E-state index contributed by atoms with van der Waals surface area (Å²) in [5, 5.41) is 9.14. The van der Waals surface area contributed by atoms with Crippen LogP contribution < -0.4 is 5.73 Å². The molecular weight excluding hydrogens is 250 g/mol. The molecule has 0 bridgehead atoms. The monoisotopic (exact) mass is 271 g/mol. The van der Waals surface area contributed by atoms with E-state index in [9.17, 15) is 4.79 Å². The third-order valence-electron chi connectivity index (χ3n) is 3.75. The minimum Gasteiger partial charge on any atom is -0.334 e. The molecule has 1 fully saturated rings. The van der Waals surface area contributed by atoms with Crippen molar-refractivity contribution in [3.05, 3.63) is 35.4 Å². The van der Waals surface area contributed by atoms with Crippen molar-refractivity contribution in [1.82, 2.24) is 4.90 Å². The van der Waals surface area contributed by atoms with Gasteiger partial charge in [0.25, 0.3) is 0 Å². The Bertz CT molecular complexity index is 529. The number of nitrogens with zero attached hydrogens (tertiary/aromatic N) is 2. The molecule has 1 aromatic carbocycles. The van der Waals surface area contributed by atoms with Crippen molar-refractivity contribution in [3.8, 4) is 6.07 Å². The molecule has 0 spiro atoms. The molecular formula is C16H21N3O. The maximum atomic E-state index is 12.5. The van der Waals surface area contributed by atoms with E-state index in [1.54, 1.807) is 6.07 Å². The van der Waals surface area contributed by atoms with Gasteiger partial charge in [0.05, 0.1) is 17.7 Å². The number of carbonyl (C=O) groups excluding carboxylic acids is 1. The Kier molecular flexibility index (Phi) is 4.41. The highest BCUT2D eigenvalue weighted by Crippen LogP contribution is 2.29. The Hall–Kier alpha value is -1.86. The van der Waals surface area contributed by atoms with Crippen molar-refractivity contribution < 1.29 is 4.79 Å². The Morgan fingerprint density at radius 1 is 1.45 bits per heavy atom. The molecule has 1 aliphatic rings. The van der Waals surface area contributed by atoms with Gasteiger partial charge in [-0.1, -0.05) is 32.0 Å². The van der Waals surface area contributed by atoms with Crippen LogP contribution in [0.15, 0.2) is 24.3 Å². The van der Waals surface area contributed by atoms with Gasteiger partial charge in [-0.15, -0.1) is 0 Å². The van der Waals surface area contributed by atoms with Crippen LogP contribution in [-0.2, 0) is 11.3 Å². The maximum absolute atomic E-state index is 12.5. The average Bonchev–Trinajstić information content (AvgIpc) is 3.28. The van der Waals surface area contributed by atoms with E-state index < -0.39 is 6.04 Å². The normalized spacial score (nSPS) is 15.8. The average molecular weight is 271 g/mol. The molecule has 1 saturated carbocycles. The third kappa shape index (κ3) is 3.17. The first-order chi connectivity index (χ1) is 9.54. The van der Waals surface area contributed by atoms with Crippen LogP contribution in [0.1, 0.15) is 37.8 Å². The largest absolute Gasteiger partial charge is 0.334 e. The highest BCUT2D eigenvalue weighted by Gasteiger charge is 2.35. The summed E-state index contributed by atoms with van der Waals surface area (Å²) < 4.78 is 0. The molecule has 4 nitrogen and oxygen atoms in total. The van der Waals surface area contributed by atoms with Gasteiger partial charge in [-0.3, -0.25) is 4.79 Å². The van der Waals surface area contributed by atoms with Gasteiger partial charge in [0.1, 0.15) is 0 Å². The van der Waals surface area contributed by atoms with E-state index >= 15 is 0 Å². The molecule has 0 heterocycles. The fourth-order valence-corrected chi connectivity index (χ4v) is 2.20. The Morgan fingerprint density at radius 3 is 2.65 bits per heavy atom. The quantitative estimate of drug-likeness (QED) is 0.890. The van der Waals surface area contributed by atoms with Crippen molar-refractivity contribution >= 4 is 5.91 Å². The number of rotatable bonds is 5. The van der Waals surface area contributed by atoms with Crippen LogP contribution in [0.5, 0.6) is 0 Å². The Balaban J connectivity index is 2.18. The number of nitrogens with two attached hydrogens (primary N) is 1. The van der Waals surface area contributed by atoms with Gasteiger partial charge < -0.3 is 10.6 Å². The summed E-state index contributed by atoms with van der Waals surface area (Å²) in [5.74, 6) is 0.116. The van der Waals surface area contributed by atoms with Crippen LogP contribution in [0.25, 0.3) is 0 Å². The van der Waals surface area contributed by atoms with Crippen LogP contribution in [0.4, 0.5) is 0 Å². The molecule has 1 aromatic rings.